The SMILES string of the molecule is CN(C)Nc1cnc(Cl)cn1. The molecule has 60 valence electrons. The summed E-state index contributed by atoms with van der Waals surface area (Å²) < 4.78 is 0. The van der Waals surface area contributed by atoms with Gasteiger partial charge in [0.15, 0.2) is 5.82 Å². The van der Waals surface area contributed by atoms with Crippen LogP contribution in [0, 0.1) is 0 Å². The number of halogens is 1. The van der Waals surface area contributed by atoms with E-state index < -0.39 is 0 Å². The molecule has 0 aliphatic heterocycles. The van der Waals surface area contributed by atoms with Gasteiger partial charge >= 0.3 is 0 Å². The van der Waals surface area contributed by atoms with Gasteiger partial charge in [-0.2, -0.15) is 0 Å². The van der Waals surface area contributed by atoms with Gasteiger partial charge in [-0.1, -0.05) is 11.6 Å². The molecule has 11 heavy (non-hydrogen) atoms. The molecule has 0 aliphatic rings. The summed E-state index contributed by atoms with van der Waals surface area (Å²) in [6.45, 7) is 0. The van der Waals surface area contributed by atoms with Crippen LogP contribution < -0.4 is 5.43 Å². The highest BCUT2D eigenvalue weighted by Crippen LogP contribution is 2.04. The summed E-state index contributed by atoms with van der Waals surface area (Å²) in [5, 5.41) is 2.17. The Labute approximate surface area is 70.2 Å². The first-order chi connectivity index (χ1) is 5.18. The normalized spacial score (nSPS) is 10.2. The van der Waals surface area contributed by atoms with Gasteiger partial charge in [-0.15, -0.1) is 0 Å². The van der Waals surface area contributed by atoms with Gasteiger partial charge in [-0.25, -0.2) is 15.0 Å². The highest BCUT2D eigenvalue weighted by atomic mass is 35.5. The van der Waals surface area contributed by atoms with Crippen molar-refractivity contribution in [2.24, 2.45) is 0 Å². The van der Waals surface area contributed by atoms with Crippen LogP contribution >= 0.6 is 11.6 Å². The molecule has 0 unspecified atom stereocenters. The third-order valence-corrected chi connectivity index (χ3v) is 1.15. The number of hydrogen-bond acceptors (Lipinski definition) is 4. The lowest BCUT2D eigenvalue weighted by Gasteiger charge is -2.11. The summed E-state index contributed by atoms with van der Waals surface area (Å²) in [6, 6.07) is 0. The molecule has 1 aromatic rings. The van der Waals surface area contributed by atoms with E-state index in [1.165, 1.54) is 6.20 Å². The average Bonchev–Trinajstić information content (AvgIpc) is 1.93. The molecule has 1 heterocycles. The molecule has 4 nitrogen and oxygen atoms in total. The van der Waals surface area contributed by atoms with Crippen molar-refractivity contribution in [2.75, 3.05) is 19.5 Å². The number of hydrogen-bond donors (Lipinski definition) is 1. The first-order valence-corrected chi connectivity index (χ1v) is 3.48. The second-order valence-electron chi connectivity index (χ2n) is 2.23. The van der Waals surface area contributed by atoms with Gasteiger partial charge in [0.1, 0.15) is 5.15 Å². The van der Waals surface area contributed by atoms with Crippen molar-refractivity contribution in [1.29, 1.82) is 0 Å². The molecule has 0 spiro atoms. The van der Waals surface area contributed by atoms with Gasteiger partial charge in [0.2, 0.25) is 0 Å². The van der Waals surface area contributed by atoms with Crippen LogP contribution in [0.1, 0.15) is 0 Å². The average molecular weight is 173 g/mol. The molecule has 0 bridgehead atoms. The first kappa shape index (κ1) is 8.23. The zero-order valence-corrected chi connectivity index (χ0v) is 7.13. The fourth-order valence-electron chi connectivity index (χ4n) is 0.599. The van der Waals surface area contributed by atoms with Gasteiger partial charge in [-0.3, -0.25) is 0 Å². The summed E-state index contributed by atoms with van der Waals surface area (Å²) in [4.78, 5) is 7.82. The van der Waals surface area contributed by atoms with Crippen molar-refractivity contribution < 1.29 is 0 Å². The summed E-state index contributed by atoms with van der Waals surface area (Å²) in [7, 11) is 3.74. The largest absolute Gasteiger partial charge is 0.302 e. The Morgan fingerprint density at radius 1 is 1.36 bits per heavy atom. The Balaban J connectivity index is 2.66. The minimum atomic E-state index is 0.398. The van der Waals surface area contributed by atoms with Crippen LogP contribution in [-0.4, -0.2) is 29.1 Å². The molecular formula is C6H9ClN4. The van der Waals surface area contributed by atoms with E-state index in [0.29, 0.717) is 11.0 Å². The molecule has 0 aliphatic carbocycles. The van der Waals surface area contributed by atoms with E-state index in [4.69, 9.17) is 11.6 Å². The monoisotopic (exact) mass is 172 g/mol. The van der Waals surface area contributed by atoms with Gasteiger partial charge in [0.25, 0.3) is 0 Å². The van der Waals surface area contributed by atoms with Crippen LogP contribution in [0.15, 0.2) is 12.4 Å². The number of hydrazine groups is 1. The molecule has 0 saturated carbocycles. The van der Waals surface area contributed by atoms with E-state index in [1.54, 1.807) is 11.2 Å². The van der Waals surface area contributed by atoms with E-state index in [0.717, 1.165) is 0 Å². The standard InChI is InChI=1S/C6H9ClN4/c1-11(2)10-6-4-8-5(7)3-9-6/h3-4H,1-2H3,(H,9,10). The number of aromatic nitrogens is 2. The van der Waals surface area contributed by atoms with Gasteiger partial charge < -0.3 is 5.43 Å². The summed E-state index contributed by atoms with van der Waals surface area (Å²) in [5.41, 5.74) is 2.93. The number of anilines is 1. The van der Waals surface area contributed by atoms with E-state index in [1.807, 2.05) is 14.1 Å². The molecule has 0 saturated heterocycles. The van der Waals surface area contributed by atoms with Crippen molar-refractivity contribution in [3.8, 4) is 0 Å². The highest BCUT2D eigenvalue weighted by Gasteiger charge is 1.93. The summed E-state index contributed by atoms with van der Waals surface area (Å²) in [6.07, 6.45) is 3.07. The second kappa shape index (κ2) is 3.50. The lowest BCUT2D eigenvalue weighted by atomic mass is 10.7. The number of nitrogens with zero attached hydrogens (tertiary/aromatic N) is 3. The second-order valence-corrected chi connectivity index (χ2v) is 2.62. The topological polar surface area (TPSA) is 41.0 Å². The quantitative estimate of drug-likeness (QED) is 0.677. The number of rotatable bonds is 2. The van der Waals surface area contributed by atoms with Crippen molar-refractivity contribution in [3.63, 3.8) is 0 Å². The predicted molar refractivity (Wildman–Crippen MR) is 44.4 cm³/mol. The molecular weight excluding hydrogens is 164 g/mol. The molecule has 0 amide bonds. The first-order valence-electron chi connectivity index (χ1n) is 3.10. The lowest BCUT2D eigenvalue weighted by Crippen LogP contribution is -2.20. The smallest absolute Gasteiger partial charge is 0.159 e. The van der Waals surface area contributed by atoms with Crippen molar-refractivity contribution in [2.45, 2.75) is 0 Å². The maximum Gasteiger partial charge on any atom is 0.159 e. The predicted octanol–water partition coefficient (Wildman–Crippen LogP) is 1.02. The zero-order valence-electron chi connectivity index (χ0n) is 6.37. The van der Waals surface area contributed by atoms with Crippen LogP contribution in [0.2, 0.25) is 5.15 Å². The van der Waals surface area contributed by atoms with Crippen LogP contribution in [0.25, 0.3) is 0 Å². The Morgan fingerprint density at radius 3 is 2.55 bits per heavy atom. The van der Waals surface area contributed by atoms with Crippen LogP contribution in [-0.2, 0) is 0 Å². The molecule has 1 aromatic heterocycles. The third-order valence-electron chi connectivity index (χ3n) is 0.958. The van der Waals surface area contributed by atoms with Gasteiger partial charge in [-0.05, 0) is 0 Å². The Bertz CT molecular complexity index is 221. The molecule has 0 radical (unpaired) electrons. The fourth-order valence-corrected chi connectivity index (χ4v) is 0.697. The molecule has 0 fully saturated rings. The van der Waals surface area contributed by atoms with Crippen molar-refractivity contribution in [1.82, 2.24) is 15.0 Å². The maximum atomic E-state index is 5.53. The molecule has 0 atom stereocenters. The third kappa shape index (κ3) is 2.69. The van der Waals surface area contributed by atoms with Crippen LogP contribution in [0.5, 0.6) is 0 Å². The minimum absolute atomic E-state index is 0.398. The Morgan fingerprint density at radius 2 is 2.09 bits per heavy atom. The minimum Gasteiger partial charge on any atom is -0.302 e. The summed E-state index contributed by atoms with van der Waals surface area (Å²) in [5.74, 6) is 0.680. The van der Waals surface area contributed by atoms with Crippen molar-refractivity contribution >= 4 is 17.4 Å². The zero-order chi connectivity index (χ0) is 8.27. The van der Waals surface area contributed by atoms with E-state index in [2.05, 4.69) is 15.4 Å². The van der Waals surface area contributed by atoms with E-state index in [9.17, 15) is 0 Å². The van der Waals surface area contributed by atoms with Gasteiger partial charge in [0, 0.05) is 14.1 Å². The highest BCUT2D eigenvalue weighted by molar-refractivity contribution is 6.29. The fraction of sp³-hybridized carbons (Fsp3) is 0.333. The van der Waals surface area contributed by atoms with Crippen LogP contribution in [0.3, 0.4) is 0 Å². The van der Waals surface area contributed by atoms with E-state index >= 15 is 0 Å². The Hall–Kier alpha value is -0.870. The van der Waals surface area contributed by atoms with Gasteiger partial charge in [0.05, 0.1) is 12.4 Å². The molecule has 1 N–H and O–H groups in total. The van der Waals surface area contributed by atoms with Crippen LogP contribution in [0.4, 0.5) is 5.82 Å². The summed E-state index contributed by atoms with van der Waals surface area (Å²) >= 11 is 5.53. The maximum absolute atomic E-state index is 5.53. The molecule has 1 rings (SSSR count). The van der Waals surface area contributed by atoms with E-state index in [-0.39, 0.29) is 0 Å². The Kier molecular flexibility index (Phi) is 2.62. The molecule has 5 heteroatoms. The van der Waals surface area contributed by atoms with Crippen molar-refractivity contribution in [3.05, 3.63) is 17.5 Å². The number of nitrogens with one attached hydrogen (secondary N) is 1. The molecule has 0 aromatic carbocycles. The lowest BCUT2D eigenvalue weighted by molar-refractivity contribution is 0.492.